The number of guanidine groups is 1. The summed E-state index contributed by atoms with van der Waals surface area (Å²) in [6.07, 6.45) is 1.15. The largest absolute Gasteiger partial charge is 0.490 e. The minimum absolute atomic E-state index is 0.183. The molecule has 0 aliphatic carbocycles. The third kappa shape index (κ3) is 6.47. The second-order valence-electron chi connectivity index (χ2n) is 6.40. The van der Waals surface area contributed by atoms with E-state index in [-0.39, 0.29) is 6.10 Å². The Hall–Kier alpha value is -2.76. The zero-order chi connectivity index (χ0) is 19.6. The fraction of sp³-hybridized carbons (Fsp3) is 0.429. The Morgan fingerprint density at radius 2 is 1.96 bits per heavy atom. The average Bonchev–Trinajstić information content (AvgIpc) is 2.69. The number of aryl methyl sites for hydroxylation is 1. The smallest absolute Gasteiger partial charge is 0.213 e. The minimum atomic E-state index is 0.183. The van der Waals surface area contributed by atoms with Gasteiger partial charge in [-0.15, -0.1) is 0 Å². The lowest BCUT2D eigenvalue weighted by Crippen LogP contribution is -2.36. The Labute approximate surface area is 162 Å². The number of rotatable bonds is 8. The summed E-state index contributed by atoms with van der Waals surface area (Å²) < 4.78 is 11.2. The quantitative estimate of drug-likeness (QED) is 0.550. The van der Waals surface area contributed by atoms with E-state index in [1.807, 2.05) is 18.2 Å². The molecule has 1 unspecified atom stereocenters. The van der Waals surface area contributed by atoms with Crippen molar-refractivity contribution in [3.8, 4) is 11.6 Å². The lowest BCUT2D eigenvalue weighted by atomic mass is 10.1. The van der Waals surface area contributed by atoms with Crippen molar-refractivity contribution in [2.24, 2.45) is 4.99 Å². The molecule has 0 aliphatic heterocycles. The molecule has 6 nitrogen and oxygen atoms in total. The zero-order valence-electron chi connectivity index (χ0n) is 16.9. The number of nitrogens with one attached hydrogen (secondary N) is 2. The molecule has 0 aliphatic rings. The van der Waals surface area contributed by atoms with Crippen LogP contribution in [0.1, 0.15) is 37.1 Å². The van der Waals surface area contributed by atoms with Crippen molar-refractivity contribution in [2.75, 3.05) is 14.2 Å². The minimum Gasteiger partial charge on any atom is -0.490 e. The molecule has 2 N–H and O–H groups in total. The van der Waals surface area contributed by atoms with Crippen LogP contribution < -0.4 is 20.1 Å². The van der Waals surface area contributed by atoms with Crippen LogP contribution >= 0.6 is 0 Å². The second kappa shape index (κ2) is 10.4. The first-order chi connectivity index (χ1) is 13.0. The van der Waals surface area contributed by atoms with Crippen LogP contribution in [0.2, 0.25) is 0 Å². The monoisotopic (exact) mass is 370 g/mol. The van der Waals surface area contributed by atoms with Crippen LogP contribution in [-0.4, -0.2) is 31.2 Å². The standard InChI is InChI=1S/C21H30N4O2/c1-6-16(3)27-19-12-15(2)10-11-17(19)13-23-21(22-4)24-14-18-8-7-9-20(25-18)26-5/h7-12,16H,6,13-14H2,1-5H3,(H2,22,23,24). The van der Waals surface area contributed by atoms with E-state index in [9.17, 15) is 0 Å². The molecule has 1 atom stereocenters. The molecule has 27 heavy (non-hydrogen) atoms. The summed E-state index contributed by atoms with van der Waals surface area (Å²) in [5.74, 6) is 2.22. The highest BCUT2D eigenvalue weighted by Gasteiger charge is 2.09. The summed E-state index contributed by atoms with van der Waals surface area (Å²) in [5, 5.41) is 6.61. The zero-order valence-corrected chi connectivity index (χ0v) is 16.9. The van der Waals surface area contributed by atoms with Crippen molar-refractivity contribution in [2.45, 2.75) is 46.4 Å². The molecule has 6 heteroatoms. The molecular formula is C21H30N4O2. The van der Waals surface area contributed by atoms with Gasteiger partial charge in [0, 0.05) is 25.2 Å². The van der Waals surface area contributed by atoms with Crippen LogP contribution in [0.4, 0.5) is 0 Å². The SMILES string of the molecule is CCC(C)Oc1cc(C)ccc1CNC(=NC)NCc1cccc(OC)n1. The molecule has 0 saturated carbocycles. The maximum atomic E-state index is 6.07. The highest BCUT2D eigenvalue weighted by atomic mass is 16.5. The lowest BCUT2D eigenvalue weighted by molar-refractivity contribution is 0.215. The first-order valence-electron chi connectivity index (χ1n) is 9.26. The van der Waals surface area contributed by atoms with Gasteiger partial charge in [-0.25, -0.2) is 4.98 Å². The maximum Gasteiger partial charge on any atom is 0.213 e. The van der Waals surface area contributed by atoms with E-state index < -0.39 is 0 Å². The first kappa shape index (κ1) is 20.6. The summed E-state index contributed by atoms with van der Waals surface area (Å²) >= 11 is 0. The van der Waals surface area contributed by atoms with E-state index >= 15 is 0 Å². The first-order valence-corrected chi connectivity index (χ1v) is 9.26. The van der Waals surface area contributed by atoms with Crippen molar-refractivity contribution < 1.29 is 9.47 Å². The molecule has 1 heterocycles. The summed E-state index contributed by atoms with van der Waals surface area (Å²) in [6.45, 7) is 7.46. The number of pyridine rings is 1. The van der Waals surface area contributed by atoms with Gasteiger partial charge in [-0.05, 0) is 38.0 Å². The topological polar surface area (TPSA) is 67.8 Å². The Bertz CT molecular complexity index is 762. The number of ether oxygens (including phenoxy) is 2. The van der Waals surface area contributed by atoms with Crippen LogP contribution in [0, 0.1) is 6.92 Å². The van der Waals surface area contributed by atoms with Gasteiger partial charge < -0.3 is 20.1 Å². The van der Waals surface area contributed by atoms with Crippen LogP contribution in [0.5, 0.6) is 11.6 Å². The van der Waals surface area contributed by atoms with Crippen molar-refractivity contribution in [3.63, 3.8) is 0 Å². The van der Waals surface area contributed by atoms with Crippen molar-refractivity contribution in [1.29, 1.82) is 0 Å². The normalized spacial score (nSPS) is 12.4. The molecule has 1 aromatic heterocycles. The molecular weight excluding hydrogens is 340 g/mol. The Morgan fingerprint density at radius 3 is 2.67 bits per heavy atom. The van der Waals surface area contributed by atoms with Crippen LogP contribution in [0.3, 0.4) is 0 Å². The molecule has 0 bridgehead atoms. The van der Waals surface area contributed by atoms with Crippen molar-refractivity contribution in [3.05, 3.63) is 53.2 Å². The Kier molecular flexibility index (Phi) is 7.92. The van der Waals surface area contributed by atoms with Gasteiger partial charge in [0.05, 0.1) is 25.5 Å². The molecule has 0 fully saturated rings. The molecule has 0 spiro atoms. The van der Waals surface area contributed by atoms with Crippen LogP contribution in [-0.2, 0) is 13.1 Å². The molecule has 2 rings (SSSR count). The van der Waals surface area contributed by atoms with E-state index in [0.717, 1.165) is 23.4 Å². The number of aliphatic imine (C=N–C) groups is 1. The number of methoxy groups -OCH3 is 1. The molecule has 0 radical (unpaired) electrons. The van der Waals surface area contributed by atoms with Crippen molar-refractivity contribution in [1.82, 2.24) is 15.6 Å². The lowest BCUT2D eigenvalue weighted by Gasteiger charge is -2.18. The van der Waals surface area contributed by atoms with E-state index in [2.05, 4.69) is 59.6 Å². The fourth-order valence-corrected chi connectivity index (χ4v) is 2.46. The average molecular weight is 370 g/mol. The van der Waals surface area contributed by atoms with Gasteiger partial charge in [0.15, 0.2) is 5.96 Å². The molecule has 146 valence electrons. The van der Waals surface area contributed by atoms with Crippen molar-refractivity contribution >= 4 is 5.96 Å². The number of aromatic nitrogens is 1. The molecule has 1 aromatic carbocycles. The number of hydrogen-bond acceptors (Lipinski definition) is 4. The maximum absolute atomic E-state index is 6.07. The number of nitrogens with zero attached hydrogens (tertiary/aromatic N) is 2. The Morgan fingerprint density at radius 1 is 1.19 bits per heavy atom. The summed E-state index contributed by atoms with van der Waals surface area (Å²) in [6, 6.07) is 12.0. The van der Waals surface area contributed by atoms with Crippen LogP contribution in [0.15, 0.2) is 41.4 Å². The summed E-state index contributed by atoms with van der Waals surface area (Å²) in [4.78, 5) is 8.67. The predicted octanol–water partition coefficient (Wildman–Crippen LogP) is 3.44. The van der Waals surface area contributed by atoms with Gasteiger partial charge in [-0.1, -0.05) is 25.1 Å². The Balaban J connectivity index is 1.97. The van der Waals surface area contributed by atoms with Gasteiger partial charge in [0.1, 0.15) is 5.75 Å². The van der Waals surface area contributed by atoms with E-state index in [1.54, 1.807) is 14.2 Å². The summed E-state index contributed by atoms with van der Waals surface area (Å²) in [7, 11) is 3.36. The highest BCUT2D eigenvalue weighted by molar-refractivity contribution is 5.79. The molecule has 0 amide bonds. The van der Waals surface area contributed by atoms with Gasteiger partial charge in [-0.3, -0.25) is 4.99 Å². The number of hydrogen-bond donors (Lipinski definition) is 2. The van der Waals surface area contributed by atoms with E-state index in [4.69, 9.17) is 9.47 Å². The molecule has 2 aromatic rings. The third-order valence-corrected chi connectivity index (χ3v) is 4.22. The third-order valence-electron chi connectivity index (χ3n) is 4.22. The fourth-order valence-electron chi connectivity index (χ4n) is 2.46. The summed E-state index contributed by atoms with van der Waals surface area (Å²) in [5.41, 5.74) is 3.17. The van der Waals surface area contributed by atoms with Gasteiger partial charge >= 0.3 is 0 Å². The second-order valence-corrected chi connectivity index (χ2v) is 6.40. The van der Waals surface area contributed by atoms with Crippen LogP contribution in [0.25, 0.3) is 0 Å². The van der Waals surface area contributed by atoms with E-state index in [0.29, 0.717) is 24.9 Å². The molecule has 0 saturated heterocycles. The van der Waals surface area contributed by atoms with E-state index in [1.165, 1.54) is 5.56 Å². The highest BCUT2D eigenvalue weighted by Crippen LogP contribution is 2.22. The van der Waals surface area contributed by atoms with Gasteiger partial charge in [0.2, 0.25) is 5.88 Å². The number of benzene rings is 1. The van der Waals surface area contributed by atoms with Gasteiger partial charge in [-0.2, -0.15) is 0 Å². The predicted molar refractivity (Wildman–Crippen MR) is 109 cm³/mol. The van der Waals surface area contributed by atoms with Gasteiger partial charge in [0.25, 0.3) is 0 Å².